The number of hydrogen-bond acceptors (Lipinski definition) is 1. The molecule has 1 heteroatoms. The van der Waals surface area contributed by atoms with Crippen LogP contribution in [0.5, 0.6) is 0 Å². The fourth-order valence-corrected chi connectivity index (χ4v) is 1.73. The van der Waals surface area contributed by atoms with E-state index < -0.39 is 0 Å². The van der Waals surface area contributed by atoms with Crippen molar-refractivity contribution in [1.29, 1.82) is 0 Å². The second-order valence-corrected chi connectivity index (χ2v) is 4.23. The molecule has 0 saturated heterocycles. The van der Waals surface area contributed by atoms with Crippen LogP contribution in [0, 0.1) is 6.92 Å². The number of nitrogen functional groups attached to an aromatic ring is 1. The van der Waals surface area contributed by atoms with Crippen molar-refractivity contribution in [3.8, 4) is 0 Å². The van der Waals surface area contributed by atoms with Crippen LogP contribution >= 0.6 is 0 Å². The molecular weight excluding hydrogens is 194 g/mol. The van der Waals surface area contributed by atoms with Gasteiger partial charge in [-0.3, -0.25) is 0 Å². The first-order valence-electron chi connectivity index (χ1n) is 5.64. The van der Waals surface area contributed by atoms with Crippen LogP contribution in [0.3, 0.4) is 0 Å². The maximum Gasteiger partial charge on any atom is 0.0314 e. The minimum Gasteiger partial charge on any atom is -0.399 e. The summed E-state index contributed by atoms with van der Waals surface area (Å²) in [5.41, 5.74) is 10.5. The highest BCUT2D eigenvalue weighted by atomic mass is 14.5. The molecule has 0 aliphatic heterocycles. The lowest BCUT2D eigenvalue weighted by molar-refractivity contribution is 0.959. The van der Waals surface area contributed by atoms with Crippen molar-refractivity contribution in [3.05, 3.63) is 65.2 Å². The van der Waals surface area contributed by atoms with Crippen LogP contribution in [0.25, 0.3) is 0 Å². The van der Waals surface area contributed by atoms with Gasteiger partial charge >= 0.3 is 0 Å². The van der Waals surface area contributed by atoms with Gasteiger partial charge in [0.05, 0.1) is 0 Å². The van der Waals surface area contributed by atoms with E-state index >= 15 is 0 Å². The SMILES string of the molecule is Cc1ccc(CCc2ccc(N)cc2)cc1. The van der Waals surface area contributed by atoms with Gasteiger partial charge in [-0.2, -0.15) is 0 Å². The molecule has 0 spiro atoms. The van der Waals surface area contributed by atoms with Crippen molar-refractivity contribution >= 4 is 5.69 Å². The summed E-state index contributed by atoms with van der Waals surface area (Å²) in [6.45, 7) is 2.11. The second-order valence-electron chi connectivity index (χ2n) is 4.23. The molecule has 0 fully saturated rings. The Labute approximate surface area is 96.9 Å². The highest BCUT2D eigenvalue weighted by Gasteiger charge is 1.95. The van der Waals surface area contributed by atoms with Crippen LogP contribution in [0.1, 0.15) is 16.7 Å². The molecule has 2 N–H and O–H groups in total. The molecule has 0 bridgehead atoms. The van der Waals surface area contributed by atoms with Crippen molar-refractivity contribution in [1.82, 2.24) is 0 Å². The molecule has 0 aliphatic rings. The van der Waals surface area contributed by atoms with Crippen LogP contribution in [-0.4, -0.2) is 0 Å². The van der Waals surface area contributed by atoms with Crippen molar-refractivity contribution in [3.63, 3.8) is 0 Å². The molecule has 0 aromatic heterocycles. The van der Waals surface area contributed by atoms with E-state index in [4.69, 9.17) is 5.73 Å². The van der Waals surface area contributed by atoms with Crippen molar-refractivity contribution in [2.24, 2.45) is 0 Å². The highest BCUT2D eigenvalue weighted by Crippen LogP contribution is 2.10. The van der Waals surface area contributed by atoms with Crippen LogP contribution in [0.2, 0.25) is 0 Å². The molecular formula is C15H17N. The van der Waals surface area contributed by atoms with Crippen LogP contribution < -0.4 is 5.73 Å². The molecule has 0 saturated carbocycles. The quantitative estimate of drug-likeness (QED) is 0.774. The first-order valence-corrected chi connectivity index (χ1v) is 5.64. The molecule has 2 aromatic rings. The third kappa shape index (κ3) is 2.86. The molecule has 0 radical (unpaired) electrons. The van der Waals surface area contributed by atoms with E-state index in [9.17, 15) is 0 Å². The van der Waals surface area contributed by atoms with Gasteiger partial charge in [0, 0.05) is 5.69 Å². The minimum absolute atomic E-state index is 0.832. The molecule has 2 rings (SSSR count). The zero-order chi connectivity index (χ0) is 11.4. The summed E-state index contributed by atoms with van der Waals surface area (Å²) < 4.78 is 0. The second kappa shape index (κ2) is 4.84. The summed E-state index contributed by atoms with van der Waals surface area (Å²) in [5, 5.41) is 0. The van der Waals surface area contributed by atoms with Gasteiger partial charge in [0.15, 0.2) is 0 Å². The number of rotatable bonds is 3. The predicted molar refractivity (Wildman–Crippen MR) is 69.4 cm³/mol. The van der Waals surface area contributed by atoms with E-state index in [2.05, 4.69) is 43.3 Å². The fourth-order valence-electron chi connectivity index (χ4n) is 1.73. The lowest BCUT2D eigenvalue weighted by Crippen LogP contribution is -1.92. The number of hydrogen-bond donors (Lipinski definition) is 1. The van der Waals surface area contributed by atoms with Gasteiger partial charge in [-0.05, 0) is 43.0 Å². The Morgan fingerprint density at radius 2 is 1.19 bits per heavy atom. The molecule has 0 heterocycles. The van der Waals surface area contributed by atoms with Gasteiger partial charge in [0.2, 0.25) is 0 Å². The number of anilines is 1. The Morgan fingerprint density at radius 3 is 1.69 bits per heavy atom. The summed E-state index contributed by atoms with van der Waals surface area (Å²) in [7, 11) is 0. The standard InChI is InChI=1S/C15H17N/c1-12-2-4-13(5-3-12)6-7-14-8-10-15(16)11-9-14/h2-5,8-11H,6-7,16H2,1H3. The zero-order valence-corrected chi connectivity index (χ0v) is 9.61. The minimum atomic E-state index is 0.832. The van der Waals surface area contributed by atoms with E-state index in [0.717, 1.165) is 18.5 Å². The van der Waals surface area contributed by atoms with Crippen molar-refractivity contribution in [2.45, 2.75) is 19.8 Å². The molecule has 0 aliphatic carbocycles. The maximum atomic E-state index is 5.65. The first-order chi connectivity index (χ1) is 7.74. The summed E-state index contributed by atoms with van der Waals surface area (Å²) in [6, 6.07) is 16.9. The summed E-state index contributed by atoms with van der Waals surface area (Å²) in [5.74, 6) is 0. The van der Waals surface area contributed by atoms with Gasteiger partial charge in [-0.1, -0.05) is 42.0 Å². The first kappa shape index (κ1) is 10.7. The lowest BCUT2D eigenvalue weighted by Gasteiger charge is -2.03. The van der Waals surface area contributed by atoms with Gasteiger partial charge in [0.1, 0.15) is 0 Å². The molecule has 2 aromatic carbocycles. The molecule has 0 atom stereocenters. The van der Waals surface area contributed by atoms with Crippen LogP contribution in [0.15, 0.2) is 48.5 Å². The normalized spacial score (nSPS) is 10.3. The average molecular weight is 211 g/mol. The van der Waals surface area contributed by atoms with Crippen LogP contribution in [-0.2, 0) is 12.8 Å². The summed E-state index contributed by atoms with van der Waals surface area (Å²) >= 11 is 0. The van der Waals surface area contributed by atoms with Gasteiger partial charge < -0.3 is 5.73 Å². The van der Waals surface area contributed by atoms with E-state index in [-0.39, 0.29) is 0 Å². The Bertz CT molecular complexity index is 394. The lowest BCUT2D eigenvalue weighted by atomic mass is 10.0. The van der Waals surface area contributed by atoms with Gasteiger partial charge in [-0.15, -0.1) is 0 Å². The number of nitrogens with two attached hydrogens (primary N) is 1. The third-order valence-corrected chi connectivity index (χ3v) is 2.80. The molecule has 0 amide bonds. The predicted octanol–water partition coefficient (Wildman–Crippen LogP) is 3.36. The van der Waals surface area contributed by atoms with E-state index in [1.54, 1.807) is 0 Å². The van der Waals surface area contributed by atoms with Crippen molar-refractivity contribution in [2.75, 3.05) is 5.73 Å². The zero-order valence-electron chi connectivity index (χ0n) is 9.61. The Kier molecular flexibility index (Phi) is 3.25. The smallest absolute Gasteiger partial charge is 0.0314 e. The summed E-state index contributed by atoms with van der Waals surface area (Å²) in [4.78, 5) is 0. The molecule has 82 valence electrons. The molecule has 0 unspecified atom stereocenters. The highest BCUT2D eigenvalue weighted by molar-refractivity contribution is 5.39. The Hall–Kier alpha value is -1.76. The van der Waals surface area contributed by atoms with Crippen LogP contribution in [0.4, 0.5) is 5.69 Å². The Morgan fingerprint density at radius 1 is 0.750 bits per heavy atom. The topological polar surface area (TPSA) is 26.0 Å². The van der Waals surface area contributed by atoms with E-state index in [1.165, 1.54) is 16.7 Å². The Balaban J connectivity index is 1.97. The third-order valence-electron chi connectivity index (χ3n) is 2.80. The van der Waals surface area contributed by atoms with Gasteiger partial charge in [-0.25, -0.2) is 0 Å². The monoisotopic (exact) mass is 211 g/mol. The number of aryl methyl sites for hydroxylation is 3. The van der Waals surface area contributed by atoms with E-state index in [0.29, 0.717) is 0 Å². The van der Waals surface area contributed by atoms with Gasteiger partial charge in [0.25, 0.3) is 0 Å². The number of benzene rings is 2. The maximum absolute atomic E-state index is 5.65. The average Bonchev–Trinajstić information content (AvgIpc) is 2.30. The van der Waals surface area contributed by atoms with E-state index in [1.807, 2.05) is 12.1 Å². The molecule has 16 heavy (non-hydrogen) atoms. The fraction of sp³-hybridized carbons (Fsp3) is 0.200. The van der Waals surface area contributed by atoms with Crippen molar-refractivity contribution < 1.29 is 0 Å². The largest absolute Gasteiger partial charge is 0.399 e. The summed E-state index contributed by atoms with van der Waals surface area (Å²) in [6.07, 6.45) is 2.16. The molecule has 1 nitrogen and oxygen atoms in total.